The van der Waals surface area contributed by atoms with E-state index in [9.17, 15) is 4.79 Å². The minimum atomic E-state index is -0.0709. The van der Waals surface area contributed by atoms with Crippen molar-refractivity contribution >= 4 is 39.8 Å². The first-order valence-electron chi connectivity index (χ1n) is 5.55. The standard InChI is InChI=1S/C13H13IN2OS/c1-8(12-7-18-9(2)16-12)15-13(17)10-5-3-4-6-11(10)14/h3-8H,1-2H3,(H,15,17). The zero-order valence-corrected chi connectivity index (χ0v) is 13.1. The van der Waals surface area contributed by atoms with Gasteiger partial charge in [-0.15, -0.1) is 11.3 Å². The molecule has 0 saturated carbocycles. The Morgan fingerprint density at radius 1 is 1.44 bits per heavy atom. The van der Waals surface area contributed by atoms with Crippen molar-refractivity contribution in [3.63, 3.8) is 0 Å². The molecular formula is C13H13IN2OS. The highest BCUT2D eigenvalue weighted by Crippen LogP contribution is 2.17. The van der Waals surface area contributed by atoms with Gasteiger partial charge in [0.2, 0.25) is 0 Å². The second-order valence-electron chi connectivity index (χ2n) is 3.97. The van der Waals surface area contributed by atoms with Crippen LogP contribution < -0.4 is 5.32 Å². The first-order valence-corrected chi connectivity index (χ1v) is 7.51. The molecular weight excluding hydrogens is 359 g/mol. The van der Waals surface area contributed by atoms with Crippen molar-refractivity contribution < 1.29 is 4.79 Å². The minimum Gasteiger partial charge on any atom is -0.344 e. The average molecular weight is 372 g/mol. The van der Waals surface area contributed by atoms with E-state index in [1.165, 1.54) is 0 Å². The smallest absolute Gasteiger partial charge is 0.252 e. The summed E-state index contributed by atoms with van der Waals surface area (Å²) in [6.07, 6.45) is 0. The number of carbonyl (C=O) groups excluding carboxylic acids is 1. The van der Waals surface area contributed by atoms with E-state index in [1.54, 1.807) is 11.3 Å². The number of aromatic nitrogens is 1. The molecule has 1 heterocycles. The van der Waals surface area contributed by atoms with E-state index in [1.807, 2.05) is 43.5 Å². The van der Waals surface area contributed by atoms with Crippen LogP contribution in [0.1, 0.15) is 34.0 Å². The molecule has 0 radical (unpaired) electrons. The maximum atomic E-state index is 12.1. The van der Waals surface area contributed by atoms with Gasteiger partial charge in [-0.25, -0.2) is 4.98 Å². The Morgan fingerprint density at radius 2 is 2.17 bits per heavy atom. The van der Waals surface area contributed by atoms with Crippen molar-refractivity contribution in [3.05, 3.63) is 49.5 Å². The van der Waals surface area contributed by atoms with E-state index >= 15 is 0 Å². The number of nitrogens with one attached hydrogen (secondary N) is 1. The van der Waals surface area contributed by atoms with Crippen LogP contribution in [-0.4, -0.2) is 10.9 Å². The molecule has 0 aliphatic carbocycles. The highest BCUT2D eigenvalue weighted by Gasteiger charge is 2.15. The molecule has 18 heavy (non-hydrogen) atoms. The number of thiazole rings is 1. The van der Waals surface area contributed by atoms with Gasteiger partial charge >= 0.3 is 0 Å². The molecule has 1 aromatic heterocycles. The Kier molecular flexibility index (Phi) is 4.34. The van der Waals surface area contributed by atoms with Crippen LogP contribution in [0.5, 0.6) is 0 Å². The number of nitrogens with zero attached hydrogens (tertiary/aromatic N) is 1. The molecule has 0 aliphatic heterocycles. The zero-order valence-electron chi connectivity index (χ0n) is 10.1. The van der Waals surface area contributed by atoms with Gasteiger partial charge in [-0.05, 0) is 48.6 Å². The SMILES string of the molecule is Cc1nc(C(C)NC(=O)c2ccccc2I)cs1. The summed E-state index contributed by atoms with van der Waals surface area (Å²) >= 11 is 3.76. The summed E-state index contributed by atoms with van der Waals surface area (Å²) in [5.74, 6) is -0.0573. The topological polar surface area (TPSA) is 42.0 Å². The summed E-state index contributed by atoms with van der Waals surface area (Å²) in [4.78, 5) is 16.5. The molecule has 0 spiro atoms. The third-order valence-electron chi connectivity index (χ3n) is 2.55. The van der Waals surface area contributed by atoms with Gasteiger partial charge in [0.25, 0.3) is 5.91 Å². The normalized spacial score (nSPS) is 12.2. The number of halogens is 1. The maximum Gasteiger partial charge on any atom is 0.252 e. The second-order valence-corrected chi connectivity index (χ2v) is 6.19. The molecule has 1 aromatic carbocycles. The van der Waals surface area contributed by atoms with E-state index in [0.29, 0.717) is 5.56 Å². The number of hydrogen-bond acceptors (Lipinski definition) is 3. The molecule has 0 fully saturated rings. The van der Waals surface area contributed by atoms with Crippen LogP contribution in [0.4, 0.5) is 0 Å². The van der Waals surface area contributed by atoms with Crippen LogP contribution in [0.2, 0.25) is 0 Å². The lowest BCUT2D eigenvalue weighted by Crippen LogP contribution is -2.27. The highest BCUT2D eigenvalue weighted by atomic mass is 127. The van der Waals surface area contributed by atoms with Gasteiger partial charge in [-0.1, -0.05) is 12.1 Å². The van der Waals surface area contributed by atoms with Crippen molar-refractivity contribution in [2.75, 3.05) is 0 Å². The summed E-state index contributed by atoms with van der Waals surface area (Å²) in [6, 6.07) is 7.47. The first-order chi connectivity index (χ1) is 8.58. The summed E-state index contributed by atoms with van der Waals surface area (Å²) in [5.41, 5.74) is 1.62. The summed E-state index contributed by atoms with van der Waals surface area (Å²) in [5, 5.41) is 5.96. The molecule has 0 aliphatic rings. The molecule has 1 atom stereocenters. The number of rotatable bonds is 3. The van der Waals surface area contributed by atoms with Gasteiger partial charge in [0.05, 0.1) is 22.3 Å². The predicted octanol–water partition coefficient (Wildman–Crippen LogP) is 3.55. The van der Waals surface area contributed by atoms with Crippen molar-refractivity contribution in [1.29, 1.82) is 0 Å². The maximum absolute atomic E-state index is 12.1. The fraction of sp³-hybridized carbons (Fsp3) is 0.231. The number of amides is 1. The lowest BCUT2D eigenvalue weighted by Gasteiger charge is -2.12. The average Bonchev–Trinajstić information content (AvgIpc) is 2.76. The lowest BCUT2D eigenvalue weighted by atomic mass is 10.2. The van der Waals surface area contributed by atoms with Crippen molar-refractivity contribution in [1.82, 2.24) is 10.3 Å². The van der Waals surface area contributed by atoms with E-state index < -0.39 is 0 Å². The Balaban J connectivity index is 2.10. The highest BCUT2D eigenvalue weighted by molar-refractivity contribution is 14.1. The predicted molar refractivity (Wildman–Crippen MR) is 81.9 cm³/mol. The number of benzene rings is 1. The van der Waals surface area contributed by atoms with Gasteiger partial charge in [-0.3, -0.25) is 4.79 Å². The Labute approximate surface area is 124 Å². The summed E-state index contributed by atoms with van der Waals surface area (Å²) < 4.78 is 0.953. The molecule has 2 rings (SSSR count). The van der Waals surface area contributed by atoms with E-state index in [-0.39, 0.29) is 11.9 Å². The molecule has 0 bridgehead atoms. The number of aryl methyl sites for hydroxylation is 1. The third-order valence-corrected chi connectivity index (χ3v) is 4.28. The molecule has 1 amide bonds. The van der Waals surface area contributed by atoms with E-state index in [2.05, 4.69) is 32.9 Å². The number of carbonyl (C=O) groups is 1. The third kappa shape index (κ3) is 3.08. The monoisotopic (exact) mass is 372 g/mol. The molecule has 1 unspecified atom stereocenters. The molecule has 0 saturated heterocycles. The van der Waals surface area contributed by atoms with Gasteiger partial charge < -0.3 is 5.32 Å². The van der Waals surface area contributed by atoms with Gasteiger partial charge in [0.1, 0.15) is 0 Å². The summed E-state index contributed by atoms with van der Waals surface area (Å²) in [7, 11) is 0. The summed E-state index contributed by atoms with van der Waals surface area (Å²) in [6.45, 7) is 3.91. The fourth-order valence-electron chi connectivity index (χ4n) is 1.57. The molecule has 94 valence electrons. The van der Waals surface area contributed by atoms with Crippen molar-refractivity contribution in [2.45, 2.75) is 19.9 Å². The zero-order chi connectivity index (χ0) is 13.1. The van der Waals surface area contributed by atoms with Crippen LogP contribution in [0.3, 0.4) is 0 Å². The Morgan fingerprint density at radius 3 is 2.78 bits per heavy atom. The number of hydrogen-bond donors (Lipinski definition) is 1. The Hall–Kier alpha value is -0.950. The largest absolute Gasteiger partial charge is 0.344 e. The molecule has 5 heteroatoms. The molecule has 2 aromatic rings. The molecule has 1 N–H and O–H groups in total. The van der Waals surface area contributed by atoms with Crippen LogP contribution in [0.25, 0.3) is 0 Å². The fourth-order valence-corrected chi connectivity index (χ4v) is 2.91. The van der Waals surface area contributed by atoms with Gasteiger partial charge in [0, 0.05) is 8.95 Å². The minimum absolute atomic E-state index is 0.0573. The second kappa shape index (κ2) is 5.79. The van der Waals surface area contributed by atoms with Crippen LogP contribution in [0, 0.1) is 10.5 Å². The van der Waals surface area contributed by atoms with Crippen LogP contribution >= 0.6 is 33.9 Å². The quantitative estimate of drug-likeness (QED) is 0.838. The van der Waals surface area contributed by atoms with Gasteiger partial charge in [0.15, 0.2) is 0 Å². The van der Waals surface area contributed by atoms with Crippen molar-refractivity contribution in [3.8, 4) is 0 Å². The van der Waals surface area contributed by atoms with Crippen LogP contribution in [0.15, 0.2) is 29.6 Å². The first kappa shape index (κ1) is 13.5. The van der Waals surface area contributed by atoms with Gasteiger partial charge in [-0.2, -0.15) is 0 Å². The van der Waals surface area contributed by atoms with E-state index in [4.69, 9.17) is 0 Å². The molecule has 3 nitrogen and oxygen atoms in total. The lowest BCUT2D eigenvalue weighted by molar-refractivity contribution is 0.0938. The van der Waals surface area contributed by atoms with Crippen LogP contribution in [-0.2, 0) is 0 Å². The Bertz CT molecular complexity index is 568. The van der Waals surface area contributed by atoms with Crippen molar-refractivity contribution in [2.24, 2.45) is 0 Å². The van der Waals surface area contributed by atoms with E-state index in [0.717, 1.165) is 14.3 Å².